The third-order valence-corrected chi connectivity index (χ3v) is 2.54. The molecule has 0 aliphatic heterocycles. The molecule has 0 fully saturated rings. The van der Waals surface area contributed by atoms with E-state index in [4.69, 9.17) is 4.74 Å². The second-order valence-electron chi connectivity index (χ2n) is 4.79. The zero-order chi connectivity index (χ0) is 15.1. The van der Waals surface area contributed by atoms with Crippen LogP contribution in [0.3, 0.4) is 0 Å². The Balaban J connectivity index is 2.52. The van der Waals surface area contributed by atoms with Crippen LogP contribution in [0.15, 0.2) is 12.1 Å². The van der Waals surface area contributed by atoms with Gasteiger partial charge in [0.2, 0.25) is 0 Å². The fourth-order valence-electron chi connectivity index (χ4n) is 1.60. The van der Waals surface area contributed by atoms with Crippen LogP contribution in [0.5, 0.6) is 0 Å². The summed E-state index contributed by atoms with van der Waals surface area (Å²) in [5.41, 5.74) is -0.301. The molecule has 2 N–H and O–H groups in total. The maximum Gasteiger partial charge on any atom is 0.251 e. The summed E-state index contributed by atoms with van der Waals surface area (Å²) in [4.78, 5) is 11.7. The van der Waals surface area contributed by atoms with Crippen molar-refractivity contribution in [2.75, 3.05) is 32.1 Å². The van der Waals surface area contributed by atoms with Crippen molar-refractivity contribution < 1.29 is 18.3 Å². The molecule has 20 heavy (non-hydrogen) atoms. The number of ether oxygens (including phenoxy) is 1. The lowest BCUT2D eigenvalue weighted by Gasteiger charge is -2.09. The van der Waals surface area contributed by atoms with Crippen molar-refractivity contribution in [2.24, 2.45) is 5.92 Å². The largest absolute Gasteiger partial charge is 0.383 e. The average Bonchev–Trinajstić information content (AvgIpc) is 2.37. The van der Waals surface area contributed by atoms with Gasteiger partial charge in [-0.15, -0.1) is 0 Å². The summed E-state index contributed by atoms with van der Waals surface area (Å²) in [6, 6.07) is 2.00. The number of anilines is 1. The van der Waals surface area contributed by atoms with E-state index in [2.05, 4.69) is 10.6 Å². The topological polar surface area (TPSA) is 50.4 Å². The summed E-state index contributed by atoms with van der Waals surface area (Å²) in [7, 11) is 1.41. The van der Waals surface area contributed by atoms with Gasteiger partial charge in [0.25, 0.3) is 5.91 Å². The average molecular weight is 286 g/mol. The van der Waals surface area contributed by atoms with Crippen LogP contribution in [-0.4, -0.2) is 32.7 Å². The van der Waals surface area contributed by atoms with Crippen molar-refractivity contribution in [2.45, 2.75) is 13.8 Å². The van der Waals surface area contributed by atoms with Gasteiger partial charge in [0, 0.05) is 25.8 Å². The van der Waals surface area contributed by atoms with Crippen molar-refractivity contribution >= 4 is 11.6 Å². The van der Waals surface area contributed by atoms with Gasteiger partial charge in [0.1, 0.15) is 17.3 Å². The van der Waals surface area contributed by atoms with Gasteiger partial charge in [0.15, 0.2) is 0 Å². The highest BCUT2D eigenvalue weighted by Gasteiger charge is 2.13. The zero-order valence-electron chi connectivity index (χ0n) is 11.9. The number of nitrogens with one attached hydrogen (secondary N) is 2. The Bertz CT molecular complexity index is 441. The lowest BCUT2D eigenvalue weighted by atomic mass is 10.1. The molecule has 4 nitrogen and oxygen atoms in total. The number of hydrogen-bond acceptors (Lipinski definition) is 3. The first-order valence-electron chi connectivity index (χ1n) is 6.48. The minimum absolute atomic E-state index is 0.0529. The highest BCUT2D eigenvalue weighted by molar-refractivity contribution is 5.94. The molecule has 1 aromatic carbocycles. The number of amides is 1. The summed E-state index contributed by atoms with van der Waals surface area (Å²) < 4.78 is 32.3. The molecule has 0 aliphatic carbocycles. The predicted molar refractivity (Wildman–Crippen MR) is 73.9 cm³/mol. The fourth-order valence-corrected chi connectivity index (χ4v) is 1.60. The van der Waals surface area contributed by atoms with Gasteiger partial charge >= 0.3 is 0 Å². The molecule has 0 saturated heterocycles. The van der Waals surface area contributed by atoms with Crippen LogP contribution in [0.4, 0.5) is 14.5 Å². The third-order valence-electron chi connectivity index (χ3n) is 2.54. The van der Waals surface area contributed by atoms with Crippen LogP contribution in [0.25, 0.3) is 0 Å². The SMILES string of the molecule is CNc1c(F)cc(C(=O)NCCOCC(C)C)cc1F. The molecule has 0 unspecified atom stereocenters. The lowest BCUT2D eigenvalue weighted by Crippen LogP contribution is -2.28. The first-order valence-corrected chi connectivity index (χ1v) is 6.48. The number of hydrogen-bond donors (Lipinski definition) is 2. The number of benzene rings is 1. The summed E-state index contributed by atoms with van der Waals surface area (Å²) in [5.74, 6) is -1.70. The molecule has 0 heterocycles. The van der Waals surface area contributed by atoms with Gasteiger partial charge in [-0.1, -0.05) is 13.8 Å². The van der Waals surface area contributed by atoms with Gasteiger partial charge < -0.3 is 15.4 Å². The summed E-state index contributed by atoms with van der Waals surface area (Å²) in [6.45, 7) is 5.31. The van der Waals surface area contributed by atoms with Crippen LogP contribution in [-0.2, 0) is 4.74 Å². The van der Waals surface area contributed by atoms with Crippen molar-refractivity contribution in [1.29, 1.82) is 0 Å². The highest BCUT2D eigenvalue weighted by atomic mass is 19.1. The molecule has 112 valence electrons. The maximum atomic E-state index is 13.5. The van der Waals surface area contributed by atoms with E-state index in [-0.39, 0.29) is 11.3 Å². The third kappa shape index (κ3) is 4.77. The summed E-state index contributed by atoms with van der Waals surface area (Å²) >= 11 is 0. The van der Waals surface area contributed by atoms with E-state index < -0.39 is 17.5 Å². The molecule has 1 amide bonds. The minimum Gasteiger partial charge on any atom is -0.383 e. The molecule has 0 radical (unpaired) electrons. The van der Waals surface area contributed by atoms with Crippen LogP contribution < -0.4 is 10.6 Å². The lowest BCUT2D eigenvalue weighted by molar-refractivity contribution is 0.0885. The van der Waals surface area contributed by atoms with Crippen molar-refractivity contribution in [3.05, 3.63) is 29.3 Å². The van der Waals surface area contributed by atoms with E-state index in [9.17, 15) is 13.6 Å². The number of halogens is 2. The Hall–Kier alpha value is -1.69. The zero-order valence-corrected chi connectivity index (χ0v) is 11.9. The molecule has 1 aromatic rings. The van der Waals surface area contributed by atoms with E-state index in [1.807, 2.05) is 13.8 Å². The van der Waals surface area contributed by atoms with E-state index in [0.717, 1.165) is 12.1 Å². The standard InChI is InChI=1S/C14H20F2N2O2/c1-9(2)8-20-5-4-18-14(19)10-6-11(15)13(17-3)12(16)7-10/h6-7,9,17H,4-5,8H2,1-3H3,(H,18,19). The van der Waals surface area contributed by atoms with Crippen LogP contribution >= 0.6 is 0 Å². The Morgan fingerprint density at radius 2 is 1.90 bits per heavy atom. The second kappa shape index (κ2) is 7.79. The molecule has 6 heteroatoms. The van der Waals surface area contributed by atoms with Crippen LogP contribution in [0.1, 0.15) is 24.2 Å². The molecule has 0 aliphatic rings. The Labute approximate surface area is 117 Å². The van der Waals surface area contributed by atoms with Crippen LogP contribution in [0.2, 0.25) is 0 Å². The van der Waals surface area contributed by atoms with E-state index in [1.165, 1.54) is 7.05 Å². The number of rotatable bonds is 7. The Morgan fingerprint density at radius 1 is 1.30 bits per heavy atom. The van der Waals surface area contributed by atoms with Crippen molar-refractivity contribution in [3.63, 3.8) is 0 Å². The predicted octanol–water partition coefficient (Wildman–Crippen LogP) is 2.41. The summed E-state index contributed by atoms with van der Waals surface area (Å²) in [6.07, 6.45) is 0. The van der Waals surface area contributed by atoms with E-state index in [1.54, 1.807) is 0 Å². The van der Waals surface area contributed by atoms with Crippen molar-refractivity contribution in [3.8, 4) is 0 Å². The molecule has 0 aromatic heterocycles. The highest BCUT2D eigenvalue weighted by Crippen LogP contribution is 2.20. The van der Waals surface area contributed by atoms with Gasteiger partial charge in [0.05, 0.1) is 6.61 Å². The molecule has 0 saturated carbocycles. The molecule has 1 rings (SSSR count). The monoisotopic (exact) mass is 286 g/mol. The first kappa shape index (κ1) is 16.4. The Kier molecular flexibility index (Phi) is 6.38. The normalized spacial score (nSPS) is 10.7. The quantitative estimate of drug-likeness (QED) is 0.757. The molecular formula is C14H20F2N2O2. The van der Waals surface area contributed by atoms with E-state index in [0.29, 0.717) is 25.7 Å². The minimum atomic E-state index is -0.797. The van der Waals surface area contributed by atoms with E-state index >= 15 is 0 Å². The van der Waals surface area contributed by atoms with Gasteiger partial charge in [-0.3, -0.25) is 4.79 Å². The smallest absolute Gasteiger partial charge is 0.251 e. The van der Waals surface area contributed by atoms with Crippen LogP contribution in [0, 0.1) is 17.6 Å². The van der Waals surface area contributed by atoms with Gasteiger partial charge in [-0.2, -0.15) is 0 Å². The Morgan fingerprint density at radius 3 is 2.40 bits per heavy atom. The van der Waals surface area contributed by atoms with Gasteiger partial charge in [-0.25, -0.2) is 8.78 Å². The molecule has 0 bridgehead atoms. The molecular weight excluding hydrogens is 266 g/mol. The maximum absolute atomic E-state index is 13.5. The number of carbonyl (C=O) groups is 1. The molecule has 0 spiro atoms. The first-order chi connectivity index (χ1) is 9.45. The van der Waals surface area contributed by atoms with Crippen molar-refractivity contribution in [1.82, 2.24) is 5.32 Å². The number of carbonyl (C=O) groups excluding carboxylic acids is 1. The fraction of sp³-hybridized carbons (Fsp3) is 0.500. The molecule has 0 atom stereocenters. The second-order valence-corrected chi connectivity index (χ2v) is 4.79. The van der Waals surface area contributed by atoms with Gasteiger partial charge in [-0.05, 0) is 18.1 Å². The summed E-state index contributed by atoms with van der Waals surface area (Å²) in [5, 5.41) is 4.95.